The predicted octanol–water partition coefficient (Wildman–Crippen LogP) is 1.57. The van der Waals surface area contributed by atoms with Gasteiger partial charge in [0.1, 0.15) is 13.2 Å². The van der Waals surface area contributed by atoms with Crippen molar-refractivity contribution in [1.29, 1.82) is 0 Å². The van der Waals surface area contributed by atoms with Crippen LogP contribution < -0.4 is 20.6 Å². The lowest BCUT2D eigenvalue weighted by Gasteiger charge is -2.25. The Morgan fingerprint density at radius 2 is 1.78 bits per heavy atom. The van der Waals surface area contributed by atoms with Crippen LogP contribution in [0.3, 0.4) is 0 Å². The average molecular weight is 314 g/mol. The van der Waals surface area contributed by atoms with Crippen molar-refractivity contribution in [1.82, 2.24) is 9.13 Å². The molecule has 120 valence electrons. The number of rotatable bonds is 3. The molecule has 0 atom stereocenters. The normalized spacial score (nSPS) is 16.9. The van der Waals surface area contributed by atoms with Gasteiger partial charge >= 0.3 is 11.1 Å². The van der Waals surface area contributed by atoms with E-state index in [-0.39, 0.29) is 0 Å². The number of benzene rings is 1. The molecule has 1 fully saturated rings. The summed E-state index contributed by atoms with van der Waals surface area (Å²) in [6, 6.07) is 5.24. The third-order valence-corrected chi connectivity index (χ3v) is 4.54. The highest BCUT2D eigenvalue weighted by molar-refractivity contribution is 5.49. The fourth-order valence-electron chi connectivity index (χ4n) is 2.99. The average Bonchev–Trinajstić information content (AvgIpc) is 2.54. The fraction of sp³-hybridized carbons (Fsp3) is 0.412. The minimum Gasteiger partial charge on any atom is -0.486 e. The first-order valence-corrected chi connectivity index (χ1v) is 7.94. The van der Waals surface area contributed by atoms with Crippen molar-refractivity contribution >= 4 is 0 Å². The van der Waals surface area contributed by atoms with E-state index in [0.29, 0.717) is 42.9 Å². The summed E-state index contributed by atoms with van der Waals surface area (Å²) in [5.41, 5.74) is -0.412. The molecule has 2 aliphatic rings. The Morgan fingerprint density at radius 3 is 2.52 bits per heavy atom. The monoisotopic (exact) mass is 314 g/mol. The van der Waals surface area contributed by atoms with Crippen molar-refractivity contribution in [3.05, 3.63) is 51.3 Å². The van der Waals surface area contributed by atoms with E-state index in [1.807, 2.05) is 0 Å². The SMILES string of the molecule is O=c1c(=O)n(-c2ccc3c(c2)OCCO3)ccn1CC1CCC1. The largest absolute Gasteiger partial charge is 0.486 e. The number of fused-ring (bicyclic) bond motifs is 1. The highest BCUT2D eigenvalue weighted by Crippen LogP contribution is 2.31. The van der Waals surface area contributed by atoms with Gasteiger partial charge < -0.3 is 14.0 Å². The van der Waals surface area contributed by atoms with Gasteiger partial charge in [-0.25, -0.2) is 0 Å². The summed E-state index contributed by atoms with van der Waals surface area (Å²) in [4.78, 5) is 24.7. The lowest BCUT2D eigenvalue weighted by molar-refractivity contribution is 0.171. The van der Waals surface area contributed by atoms with E-state index in [0.717, 1.165) is 12.8 Å². The minimum absolute atomic E-state index is 0.478. The maximum Gasteiger partial charge on any atom is 0.320 e. The van der Waals surface area contributed by atoms with E-state index in [4.69, 9.17) is 9.47 Å². The maximum atomic E-state index is 12.4. The molecule has 0 bridgehead atoms. The number of hydrogen-bond donors (Lipinski definition) is 0. The molecule has 1 aliphatic carbocycles. The van der Waals surface area contributed by atoms with Gasteiger partial charge in [-0.15, -0.1) is 0 Å². The van der Waals surface area contributed by atoms with Gasteiger partial charge in [-0.2, -0.15) is 0 Å². The smallest absolute Gasteiger partial charge is 0.320 e. The molecule has 0 spiro atoms. The number of nitrogens with zero attached hydrogens (tertiary/aromatic N) is 2. The lowest BCUT2D eigenvalue weighted by atomic mass is 9.85. The third-order valence-electron chi connectivity index (χ3n) is 4.54. The summed E-state index contributed by atoms with van der Waals surface area (Å²) < 4.78 is 13.9. The van der Waals surface area contributed by atoms with Gasteiger partial charge in [0.15, 0.2) is 11.5 Å². The minimum atomic E-state index is -0.538. The van der Waals surface area contributed by atoms with E-state index in [9.17, 15) is 9.59 Å². The second-order valence-corrected chi connectivity index (χ2v) is 6.06. The Balaban J connectivity index is 1.70. The summed E-state index contributed by atoms with van der Waals surface area (Å²) in [5.74, 6) is 1.78. The van der Waals surface area contributed by atoms with Crippen molar-refractivity contribution in [2.75, 3.05) is 13.2 Å². The molecule has 6 heteroatoms. The molecular weight excluding hydrogens is 296 g/mol. The van der Waals surface area contributed by atoms with Gasteiger partial charge in [0.2, 0.25) is 0 Å². The van der Waals surface area contributed by atoms with Crippen molar-refractivity contribution < 1.29 is 9.47 Å². The molecule has 6 nitrogen and oxygen atoms in total. The Labute approximate surface area is 132 Å². The van der Waals surface area contributed by atoms with Crippen LogP contribution in [0.15, 0.2) is 40.2 Å². The van der Waals surface area contributed by atoms with Crippen LogP contribution in [0.25, 0.3) is 5.69 Å². The van der Waals surface area contributed by atoms with Crippen molar-refractivity contribution in [2.24, 2.45) is 5.92 Å². The third kappa shape index (κ3) is 2.54. The van der Waals surface area contributed by atoms with E-state index < -0.39 is 11.1 Å². The van der Waals surface area contributed by atoms with Crippen LogP contribution >= 0.6 is 0 Å². The molecule has 1 aromatic heterocycles. The summed E-state index contributed by atoms with van der Waals surface area (Å²) in [6.45, 7) is 1.63. The van der Waals surface area contributed by atoms with Gasteiger partial charge in [-0.1, -0.05) is 6.42 Å². The zero-order valence-electron chi connectivity index (χ0n) is 12.7. The quantitative estimate of drug-likeness (QED) is 0.807. The van der Waals surface area contributed by atoms with E-state index in [1.165, 1.54) is 15.6 Å². The maximum absolute atomic E-state index is 12.4. The zero-order valence-corrected chi connectivity index (χ0v) is 12.7. The van der Waals surface area contributed by atoms with Gasteiger partial charge in [0, 0.05) is 25.0 Å². The van der Waals surface area contributed by atoms with E-state index in [1.54, 1.807) is 30.6 Å². The van der Waals surface area contributed by atoms with Crippen LogP contribution in [-0.2, 0) is 6.54 Å². The molecule has 23 heavy (non-hydrogen) atoms. The first-order valence-electron chi connectivity index (χ1n) is 7.94. The highest BCUT2D eigenvalue weighted by atomic mass is 16.6. The topological polar surface area (TPSA) is 62.5 Å². The molecule has 1 aliphatic heterocycles. The Kier molecular flexibility index (Phi) is 3.44. The number of aromatic nitrogens is 2. The molecule has 1 aromatic carbocycles. The van der Waals surface area contributed by atoms with Crippen LogP contribution in [0.1, 0.15) is 19.3 Å². The standard InChI is InChI=1S/C17H18N2O4/c20-16-17(21)19(7-6-18(16)11-12-2-1-3-12)13-4-5-14-15(10-13)23-9-8-22-14/h4-7,10,12H,1-3,8-9,11H2. The van der Waals surface area contributed by atoms with Gasteiger partial charge in [-0.05, 0) is 30.9 Å². The van der Waals surface area contributed by atoms with Crippen molar-refractivity contribution in [2.45, 2.75) is 25.8 Å². The predicted molar refractivity (Wildman–Crippen MR) is 84.6 cm³/mol. The molecule has 0 radical (unpaired) electrons. The summed E-state index contributed by atoms with van der Waals surface area (Å²) in [7, 11) is 0. The second-order valence-electron chi connectivity index (χ2n) is 6.06. The molecule has 1 saturated carbocycles. The molecular formula is C17H18N2O4. The van der Waals surface area contributed by atoms with Crippen LogP contribution in [0, 0.1) is 5.92 Å². The van der Waals surface area contributed by atoms with E-state index >= 15 is 0 Å². The zero-order chi connectivity index (χ0) is 15.8. The number of ether oxygens (including phenoxy) is 2. The Hall–Kier alpha value is -2.50. The van der Waals surface area contributed by atoms with Crippen LogP contribution in [-0.4, -0.2) is 22.3 Å². The first kappa shape index (κ1) is 14.1. The van der Waals surface area contributed by atoms with E-state index in [2.05, 4.69) is 0 Å². The summed E-state index contributed by atoms with van der Waals surface area (Å²) in [6.07, 6.45) is 6.83. The van der Waals surface area contributed by atoms with Gasteiger partial charge in [0.05, 0.1) is 5.69 Å². The molecule has 0 saturated heterocycles. The lowest BCUT2D eigenvalue weighted by Crippen LogP contribution is -2.41. The fourth-order valence-corrected chi connectivity index (χ4v) is 2.99. The molecule has 4 rings (SSSR count). The highest BCUT2D eigenvalue weighted by Gasteiger charge is 2.19. The van der Waals surface area contributed by atoms with Crippen molar-refractivity contribution in [3.63, 3.8) is 0 Å². The van der Waals surface area contributed by atoms with Crippen LogP contribution in [0.2, 0.25) is 0 Å². The molecule has 2 heterocycles. The second kappa shape index (κ2) is 5.61. The van der Waals surface area contributed by atoms with Crippen molar-refractivity contribution in [3.8, 4) is 17.2 Å². The van der Waals surface area contributed by atoms with Crippen LogP contribution in [0.5, 0.6) is 11.5 Å². The molecule has 2 aromatic rings. The van der Waals surface area contributed by atoms with Gasteiger partial charge in [0.25, 0.3) is 0 Å². The Bertz CT molecular complexity index is 848. The summed E-state index contributed by atoms with van der Waals surface area (Å²) >= 11 is 0. The van der Waals surface area contributed by atoms with Crippen LogP contribution in [0.4, 0.5) is 0 Å². The number of hydrogen-bond acceptors (Lipinski definition) is 4. The molecule has 0 unspecified atom stereocenters. The summed E-state index contributed by atoms with van der Waals surface area (Å²) in [5, 5.41) is 0. The molecule has 0 N–H and O–H groups in total. The first-order chi connectivity index (χ1) is 11.2. The Morgan fingerprint density at radius 1 is 1.00 bits per heavy atom. The van der Waals surface area contributed by atoms with Gasteiger partial charge in [-0.3, -0.25) is 14.2 Å². The molecule has 0 amide bonds.